The summed E-state index contributed by atoms with van der Waals surface area (Å²) in [5, 5.41) is 11.9. The quantitative estimate of drug-likeness (QED) is 0.941. The Morgan fingerprint density at radius 2 is 1.82 bits per heavy atom. The van der Waals surface area contributed by atoms with Crippen molar-refractivity contribution in [2.75, 3.05) is 26.7 Å². The molecule has 1 heterocycles. The Hall–Kier alpha value is -1.58. The molecule has 1 saturated heterocycles. The summed E-state index contributed by atoms with van der Waals surface area (Å²) in [5.74, 6) is 0.999. The van der Waals surface area contributed by atoms with E-state index in [4.69, 9.17) is 0 Å². The minimum atomic E-state index is 0.333. The van der Waals surface area contributed by atoms with E-state index < -0.39 is 0 Å². The van der Waals surface area contributed by atoms with Gasteiger partial charge in [0, 0.05) is 32.2 Å². The van der Waals surface area contributed by atoms with Crippen LogP contribution in [0.4, 0.5) is 0 Å². The maximum atomic E-state index is 9.57. The van der Waals surface area contributed by atoms with Crippen LogP contribution in [0.1, 0.15) is 19.4 Å². The molecule has 0 aliphatic carbocycles. The molecule has 3 heteroatoms. The fourth-order valence-electron chi connectivity index (χ4n) is 3.44. The van der Waals surface area contributed by atoms with Crippen molar-refractivity contribution in [1.29, 1.82) is 0 Å². The Morgan fingerprint density at radius 1 is 1.09 bits per heavy atom. The fraction of sp³-hybridized carbons (Fsp3) is 0.474. The Bertz CT molecular complexity index is 653. The molecule has 0 amide bonds. The van der Waals surface area contributed by atoms with Crippen molar-refractivity contribution in [1.82, 2.24) is 9.80 Å². The molecule has 22 heavy (non-hydrogen) atoms. The van der Waals surface area contributed by atoms with Crippen LogP contribution in [0.2, 0.25) is 0 Å². The van der Waals surface area contributed by atoms with Crippen LogP contribution >= 0.6 is 0 Å². The summed E-state index contributed by atoms with van der Waals surface area (Å²) < 4.78 is 0. The summed E-state index contributed by atoms with van der Waals surface area (Å²) in [4.78, 5) is 5.05. The predicted molar refractivity (Wildman–Crippen MR) is 92.1 cm³/mol. The standard InChI is InChI=1S/C19H26N2O/c1-14(2)19-13-20(3)8-9-21(19)12-15-4-5-17-11-18(22)7-6-16(17)10-15/h4-7,10-11,14,19,22H,8-9,12-13H2,1-3H3/t19-/m1/s1. The van der Waals surface area contributed by atoms with E-state index >= 15 is 0 Å². The number of nitrogens with zero attached hydrogens (tertiary/aromatic N) is 2. The van der Waals surface area contributed by atoms with Gasteiger partial charge in [-0.15, -0.1) is 0 Å². The number of hydrogen-bond donors (Lipinski definition) is 1. The Morgan fingerprint density at radius 3 is 2.59 bits per heavy atom. The van der Waals surface area contributed by atoms with Crippen LogP contribution in [0.3, 0.4) is 0 Å². The molecule has 1 N–H and O–H groups in total. The highest BCUT2D eigenvalue weighted by molar-refractivity contribution is 5.84. The van der Waals surface area contributed by atoms with Crippen molar-refractivity contribution in [2.45, 2.75) is 26.4 Å². The van der Waals surface area contributed by atoms with Gasteiger partial charge in [0.25, 0.3) is 0 Å². The van der Waals surface area contributed by atoms with Crippen molar-refractivity contribution in [3.8, 4) is 5.75 Å². The van der Waals surface area contributed by atoms with Crippen LogP contribution in [0.5, 0.6) is 5.75 Å². The molecule has 0 bridgehead atoms. The van der Waals surface area contributed by atoms with Gasteiger partial charge in [0.15, 0.2) is 0 Å². The summed E-state index contributed by atoms with van der Waals surface area (Å²) in [6, 6.07) is 12.8. The van der Waals surface area contributed by atoms with Crippen molar-refractivity contribution in [2.24, 2.45) is 5.92 Å². The lowest BCUT2D eigenvalue weighted by molar-refractivity contribution is 0.0571. The number of rotatable bonds is 3. The third-order valence-corrected chi connectivity index (χ3v) is 4.78. The SMILES string of the molecule is CC(C)[C@H]1CN(C)CCN1Cc1ccc2cc(O)ccc2c1. The Kier molecular flexibility index (Phi) is 4.37. The third kappa shape index (κ3) is 3.26. The predicted octanol–water partition coefficient (Wildman–Crippen LogP) is 3.32. The summed E-state index contributed by atoms with van der Waals surface area (Å²) in [7, 11) is 2.22. The molecule has 3 nitrogen and oxygen atoms in total. The zero-order valence-corrected chi connectivity index (χ0v) is 13.8. The van der Waals surface area contributed by atoms with Crippen molar-refractivity contribution in [3.05, 3.63) is 42.0 Å². The van der Waals surface area contributed by atoms with Crippen molar-refractivity contribution in [3.63, 3.8) is 0 Å². The molecule has 1 fully saturated rings. The first kappa shape index (κ1) is 15.3. The molecule has 118 valence electrons. The smallest absolute Gasteiger partial charge is 0.116 e. The van der Waals surface area contributed by atoms with Crippen molar-refractivity contribution < 1.29 is 5.11 Å². The van der Waals surface area contributed by atoms with Gasteiger partial charge in [-0.25, -0.2) is 0 Å². The average molecular weight is 298 g/mol. The highest BCUT2D eigenvalue weighted by Gasteiger charge is 2.27. The maximum Gasteiger partial charge on any atom is 0.116 e. The van der Waals surface area contributed by atoms with Gasteiger partial charge in [0.2, 0.25) is 0 Å². The molecule has 0 radical (unpaired) electrons. The number of likely N-dealkylation sites (N-methyl/N-ethyl adjacent to an activating group) is 1. The van der Waals surface area contributed by atoms with Gasteiger partial charge in [0.05, 0.1) is 0 Å². The molecule has 2 aromatic carbocycles. The molecule has 1 aliphatic rings. The lowest BCUT2D eigenvalue weighted by Crippen LogP contribution is -2.53. The van der Waals surface area contributed by atoms with E-state index in [-0.39, 0.29) is 0 Å². The number of benzene rings is 2. The molecular weight excluding hydrogens is 272 g/mol. The monoisotopic (exact) mass is 298 g/mol. The second kappa shape index (κ2) is 6.27. The maximum absolute atomic E-state index is 9.57. The van der Waals surface area contributed by atoms with Gasteiger partial charge >= 0.3 is 0 Å². The number of phenols is 1. The third-order valence-electron chi connectivity index (χ3n) is 4.78. The number of piperazine rings is 1. The van der Waals surface area contributed by atoms with E-state index in [0.29, 0.717) is 17.7 Å². The molecule has 1 atom stereocenters. The largest absolute Gasteiger partial charge is 0.508 e. The first-order valence-electron chi connectivity index (χ1n) is 8.17. The first-order valence-corrected chi connectivity index (χ1v) is 8.17. The molecule has 0 unspecified atom stereocenters. The minimum Gasteiger partial charge on any atom is -0.508 e. The Labute approximate surface area is 133 Å². The molecule has 0 spiro atoms. The highest BCUT2D eigenvalue weighted by atomic mass is 16.3. The second-order valence-electron chi connectivity index (χ2n) is 6.91. The van der Waals surface area contributed by atoms with E-state index in [2.05, 4.69) is 48.9 Å². The van der Waals surface area contributed by atoms with Crippen molar-refractivity contribution >= 4 is 10.8 Å². The van der Waals surface area contributed by atoms with Crippen LogP contribution < -0.4 is 0 Å². The van der Waals surface area contributed by atoms with E-state index in [1.54, 1.807) is 6.07 Å². The second-order valence-corrected chi connectivity index (χ2v) is 6.91. The Balaban J connectivity index is 1.81. The zero-order chi connectivity index (χ0) is 15.7. The van der Waals surface area contributed by atoms with Crippen LogP contribution in [0.25, 0.3) is 10.8 Å². The van der Waals surface area contributed by atoms with Crippen LogP contribution in [0, 0.1) is 5.92 Å². The molecule has 3 rings (SSSR count). The highest BCUT2D eigenvalue weighted by Crippen LogP contribution is 2.24. The van der Waals surface area contributed by atoms with Gasteiger partial charge in [-0.3, -0.25) is 4.90 Å². The van der Waals surface area contributed by atoms with Gasteiger partial charge < -0.3 is 10.0 Å². The van der Waals surface area contributed by atoms with Gasteiger partial charge in [-0.1, -0.05) is 32.0 Å². The van der Waals surface area contributed by atoms with Gasteiger partial charge in [0.1, 0.15) is 5.75 Å². The topological polar surface area (TPSA) is 26.7 Å². The zero-order valence-electron chi connectivity index (χ0n) is 13.8. The molecule has 2 aromatic rings. The van der Waals surface area contributed by atoms with E-state index in [0.717, 1.165) is 31.6 Å². The molecule has 1 aliphatic heterocycles. The summed E-state index contributed by atoms with van der Waals surface area (Å²) >= 11 is 0. The molecule has 0 aromatic heterocycles. The first-order chi connectivity index (χ1) is 10.5. The lowest BCUT2D eigenvalue weighted by atomic mass is 9.98. The number of hydrogen-bond acceptors (Lipinski definition) is 3. The molecule has 0 saturated carbocycles. The summed E-state index contributed by atoms with van der Waals surface area (Å²) in [5.41, 5.74) is 1.35. The van der Waals surface area contributed by atoms with E-state index in [1.165, 1.54) is 10.9 Å². The van der Waals surface area contributed by atoms with Gasteiger partial charge in [-0.05, 0) is 47.5 Å². The van der Waals surface area contributed by atoms with Gasteiger partial charge in [-0.2, -0.15) is 0 Å². The summed E-state index contributed by atoms with van der Waals surface area (Å²) in [6.45, 7) is 9.07. The number of phenolic OH excluding ortho intramolecular Hbond substituents is 1. The number of aromatic hydroxyl groups is 1. The number of fused-ring (bicyclic) bond motifs is 1. The van der Waals surface area contributed by atoms with Crippen LogP contribution in [-0.2, 0) is 6.54 Å². The lowest BCUT2D eigenvalue weighted by Gasteiger charge is -2.42. The fourth-order valence-corrected chi connectivity index (χ4v) is 3.44. The van der Waals surface area contributed by atoms with E-state index in [1.807, 2.05) is 12.1 Å². The van der Waals surface area contributed by atoms with Crippen LogP contribution in [-0.4, -0.2) is 47.6 Å². The van der Waals surface area contributed by atoms with E-state index in [9.17, 15) is 5.11 Å². The molecular formula is C19H26N2O. The summed E-state index contributed by atoms with van der Waals surface area (Å²) in [6.07, 6.45) is 0. The van der Waals surface area contributed by atoms with Crippen LogP contribution in [0.15, 0.2) is 36.4 Å². The normalized spacial score (nSPS) is 20.8. The average Bonchev–Trinajstić information content (AvgIpc) is 2.49. The minimum absolute atomic E-state index is 0.333.